The molecule has 1 aromatic rings. The van der Waals surface area contributed by atoms with Crippen LogP contribution in [0.4, 0.5) is 0 Å². The van der Waals surface area contributed by atoms with E-state index < -0.39 is 0 Å². The van der Waals surface area contributed by atoms with Gasteiger partial charge in [0.15, 0.2) is 0 Å². The lowest BCUT2D eigenvalue weighted by molar-refractivity contribution is 0.173. The summed E-state index contributed by atoms with van der Waals surface area (Å²) in [6.45, 7) is 4.75. The number of rotatable bonds is 3. The quantitative estimate of drug-likeness (QED) is 0.878. The molecule has 1 saturated carbocycles. The third-order valence-electron chi connectivity index (χ3n) is 3.91. The van der Waals surface area contributed by atoms with Crippen LogP contribution >= 0.6 is 11.3 Å². The van der Waals surface area contributed by atoms with E-state index in [0.29, 0.717) is 11.5 Å². The molecule has 1 unspecified atom stereocenters. The fourth-order valence-electron chi connectivity index (χ4n) is 2.59. The van der Waals surface area contributed by atoms with Gasteiger partial charge in [-0.05, 0) is 43.4 Å². The smallest absolute Gasteiger partial charge is 0.0794 e. The second kappa shape index (κ2) is 4.84. The van der Waals surface area contributed by atoms with Crippen LogP contribution in [0.2, 0.25) is 0 Å². The zero-order chi connectivity index (χ0) is 11.6. The standard InChI is InChI=1S/C13H22N2S/c1-13(2)5-3-10(4-6-13)12(14)7-11-8-15-9-16-11/h8-10,12H,3-7,14H2,1-2H3. The van der Waals surface area contributed by atoms with Crippen LogP contribution in [-0.2, 0) is 6.42 Å². The van der Waals surface area contributed by atoms with Gasteiger partial charge in [-0.25, -0.2) is 0 Å². The Bertz CT molecular complexity index is 309. The van der Waals surface area contributed by atoms with Gasteiger partial charge in [-0.2, -0.15) is 0 Å². The molecule has 0 aliphatic heterocycles. The highest BCUT2D eigenvalue weighted by Gasteiger charge is 2.29. The van der Waals surface area contributed by atoms with E-state index in [-0.39, 0.29) is 0 Å². The molecular formula is C13H22N2S. The predicted molar refractivity (Wildman–Crippen MR) is 69.5 cm³/mol. The van der Waals surface area contributed by atoms with E-state index in [4.69, 9.17) is 5.73 Å². The van der Waals surface area contributed by atoms with Crippen molar-refractivity contribution in [3.05, 3.63) is 16.6 Å². The molecule has 0 radical (unpaired) electrons. The first kappa shape index (κ1) is 12.1. The first-order chi connectivity index (χ1) is 7.57. The van der Waals surface area contributed by atoms with Gasteiger partial charge in [-0.3, -0.25) is 4.98 Å². The van der Waals surface area contributed by atoms with Gasteiger partial charge in [0.1, 0.15) is 0 Å². The molecule has 1 aliphatic carbocycles. The van der Waals surface area contributed by atoms with Gasteiger partial charge in [-0.15, -0.1) is 11.3 Å². The Labute approximate surface area is 102 Å². The van der Waals surface area contributed by atoms with Gasteiger partial charge in [0.05, 0.1) is 5.51 Å². The molecule has 2 rings (SSSR count). The molecule has 3 heteroatoms. The lowest BCUT2D eigenvalue weighted by Gasteiger charge is -2.36. The van der Waals surface area contributed by atoms with E-state index >= 15 is 0 Å². The van der Waals surface area contributed by atoms with Crippen molar-refractivity contribution in [3.63, 3.8) is 0 Å². The van der Waals surface area contributed by atoms with Crippen molar-refractivity contribution < 1.29 is 0 Å². The van der Waals surface area contributed by atoms with Gasteiger partial charge >= 0.3 is 0 Å². The number of nitrogens with zero attached hydrogens (tertiary/aromatic N) is 1. The third kappa shape index (κ3) is 3.05. The maximum absolute atomic E-state index is 6.31. The van der Waals surface area contributed by atoms with Crippen LogP contribution in [0.15, 0.2) is 11.7 Å². The zero-order valence-electron chi connectivity index (χ0n) is 10.3. The van der Waals surface area contributed by atoms with Crippen molar-refractivity contribution in [2.75, 3.05) is 0 Å². The minimum absolute atomic E-state index is 0.330. The molecule has 0 aromatic carbocycles. The average Bonchev–Trinajstić information content (AvgIpc) is 2.70. The Morgan fingerprint density at radius 3 is 2.75 bits per heavy atom. The average molecular weight is 238 g/mol. The molecule has 90 valence electrons. The van der Waals surface area contributed by atoms with E-state index in [0.717, 1.165) is 12.3 Å². The molecule has 0 saturated heterocycles. The van der Waals surface area contributed by atoms with Crippen molar-refractivity contribution in [3.8, 4) is 0 Å². The molecule has 0 spiro atoms. The zero-order valence-corrected chi connectivity index (χ0v) is 11.1. The molecule has 2 N–H and O–H groups in total. The topological polar surface area (TPSA) is 38.9 Å². The molecule has 0 amide bonds. The Balaban J connectivity index is 1.85. The second-order valence-electron chi connectivity index (χ2n) is 5.84. The van der Waals surface area contributed by atoms with Gasteiger partial charge < -0.3 is 5.73 Å². The first-order valence-electron chi connectivity index (χ1n) is 6.20. The van der Waals surface area contributed by atoms with Crippen molar-refractivity contribution in [1.29, 1.82) is 0 Å². The largest absolute Gasteiger partial charge is 0.327 e. The summed E-state index contributed by atoms with van der Waals surface area (Å²) in [5.41, 5.74) is 8.74. The maximum Gasteiger partial charge on any atom is 0.0794 e. The van der Waals surface area contributed by atoms with Crippen LogP contribution in [-0.4, -0.2) is 11.0 Å². The lowest BCUT2D eigenvalue weighted by Crippen LogP contribution is -2.36. The van der Waals surface area contributed by atoms with Crippen LogP contribution in [0.3, 0.4) is 0 Å². The van der Waals surface area contributed by atoms with E-state index in [1.165, 1.54) is 30.6 Å². The Hall–Kier alpha value is -0.410. The number of aromatic nitrogens is 1. The fourth-order valence-corrected chi connectivity index (χ4v) is 3.26. The normalized spacial score (nSPS) is 23.2. The van der Waals surface area contributed by atoms with Crippen molar-refractivity contribution in [1.82, 2.24) is 4.98 Å². The lowest BCUT2D eigenvalue weighted by atomic mass is 9.71. The highest BCUT2D eigenvalue weighted by atomic mass is 32.1. The van der Waals surface area contributed by atoms with Crippen molar-refractivity contribution >= 4 is 11.3 Å². The number of hydrogen-bond donors (Lipinski definition) is 1. The Morgan fingerprint density at radius 1 is 1.50 bits per heavy atom. The van der Waals surface area contributed by atoms with Gasteiger partial charge in [0, 0.05) is 17.1 Å². The molecular weight excluding hydrogens is 216 g/mol. The highest BCUT2D eigenvalue weighted by Crippen LogP contribution is 2.39. The SMILES string of the molecule is CC1(C)CCC(C(N)Cc2cncs2)CC1. The Kier molecular flexibility index (Phi) is 3.65. The van der Waals surface area contributed by atoms with Gasteiger partial charge in [0.2, 0.25) is 0 Å². The molecule has 1 aromatic heterocycles. The van der Waals surface area contributed by atoms with Gasteiger partial charge in [0.25, 0.3) is 0 Å². The second-order valence-corrected chi connectivity index (χ2v) is 6.81. The molecule has 1 fully saturated rings. The fraction of sp³-hybridized carbons (Fsp3) is 0.769. The molecule has 1 heterocycles. The summed E-state index contributed by atoms with van der Waals surface area (Å²) < 4.78 is 0. The molecule has 0 bridgehead atoms. The Morgan fingerprint density at radius 2 is 2.19 bits per heavy atom. The summed E-state index contributed by atoms with van der Waals surface area (Å²) in [6, 6.07) is 0.330. The number of thiazole rings is 1. The maximum atomic E-state index is 6.31. The van der Waals surface area contributed by atoms with Crippen molar-refractivity contribution in [2.45, 2.75) is 52.0 Å². The van der Waals surface area contributed by atoms with Crippen LogP contribution in [0.25, 0.3) is 0 Å². The monoisotopic (exact) mass is 238 g/mol. The molecule has 16 heavy (non-hydrogen) atoms. The molecule has 1 aliphatic rings. The van der Waals surface area contributed by atoms with Crippen LogP contribution < -0.4 is 5.73 Å². The van der Waals surface area contributed by atoms with Crippen molar-refractivity contribution in [2.24, 2.45) is 17.1 Å². The van der Waals surface area contributed by atoms with Crippen LogP contribution in [0, 0.1) is 11.3 Å². The summed E-state index contributed by atoms with van der Waals surface area (Å²) in [5, 5.41) is 0. The minimum Gasteiger partial charge on any atom is -0.327 e. The predicted octanol–water partition coefficient (Wildman–Crippen LogP) is 3.23. The van der Waals surface area contributed by atoms with E-state index in [9.17, 15) is 0 Å². The van der Waals surface area contributed by atoms with Crippen LogP contribution in [0.5, 0.6) is 0 Å². The summed E-state index contributed by atoms with van der Waals surface area (Å²) in [4.78, 5) is 5.44. The number of hydrogen-bond acceptors (Lipinski definition) is 3. The highest BCUT2D eigenvalue weighted by molar-refractivity contribution is 7.09. The van der Waals surface area contributed by atoms with E-state index in [1.54, 1.807) is 11.3 Å². The first-order valence-corrected chi connectivity index (χ1v) is 7.08. The summed E-state index contributed by atoms with van der Waals surface area (Å²) in [5.74, 6) is 0.718. The van der Waals surface area contributed by atoms with E-state index in [2.05, 4.69) is 18.8 Å². The minimum atomic E-state index is 0.330. The number of nitrogens with two attached hydrogens (primary N) is 1. The third-order valence-corrected chi connectivity index (χ3v) is 4.71. The summed E-state index contributed by atoms with van der Waals surface area (Å²) in [6.07, 6.45) is 8.22. The van der Waals surface area contributed by atoms with Gasteiger partial charge in [-0.1, -0.05) is 13.8 Å². The molecule has 2 nitrogen and oxygen atoms in total. The van der Waals surface area contributed by atoms with E-state index in [1.807, 2.05) is 11.7 Å². The summed E-state index contributed by atoms with van der Waals surface area (Å²) >= 11 is 1.72. The summed E-state index contributed by atoms with van der Waals surface area (Å²) in [7, 11) is 0. The van der Waals surface area contributed by atoms with Crippen LogP contribution in [0.1, 0.15) is 44.4 Å². The molecule has 1 atom stereocenters.